The maximum absolute atomic E-state index is 13.7. The van der Waals surface area contributed by atoms with E-state index in [9.17, 15) is 17.6 Å². The van der Waals surface area contributed by atoms with Gasteiger partial charge in [-0.05, 0) is 61.0 Å². The summed E-state index contributed by atoms with van der Waals surface area (Å²) < 4.78 is 49.5. The second kappa shape index (κ2) is 10.2. The molecule has 3 aromatic carbocycles. The molecule has 0 atom stereocenters. The van der Waals surface area contributed by atoms with E-state index in [1.807, 2.05) is 24.3 Å². The van der Waals surface area contributed by atoms with E-state index in [1.54, 1.807) is 41.3 Å². The molecule has 6 aromatic rings. The Labute approximate surface area is 234 Å². The summed E-state index contributed by atoms with van der Waals surface area (Å²) in [7, 11) is -2.18. The van der Waals surface area contributed by atoms with E-state index in [0.717, 1.165) is 10.9 Å². The molecule has 0 spiro atoms. The number of rotatable bonds is 7. The topological polar surface area (TPSA) is 119 Å². The van der Waals surface area contributed by atoms with Crippen LogP contribution in [-0.4, -0.2) is 41.9 Å². The Bertz CT molecular complexity index is 2050. The number of carbonyl (C=O) groups is 1. The molecular formula is C30H24FN5O4S. The fourth-order valence-electron chi connectivity index (χ4n) is 4.72. The monoisotopic (exact) mass is 569 g/mol. The number of nitrogens with zero attached hydrogens (tertiary/aromatic N) is 3. The van der Waals surface area contributed by atoms with Crippen molar-refractivity contribution in [2.75, 3.05) is 17.5 Å². The molecule has 0 saturated carbocycles. The van der Waals surface area contributed by atoms with E-state index < -0.39 is 21.7 Å². The minimum atomic E-state index is -3.68. The Kier molecular flexibility index (Phi) is 6.50. The van der Waals surface area contributed by atoms with Crippen LogP contribution < -0.4 is 10.0 Å². The highest BCUT2D eigenvalue weighted by Gasteiger charge is 2.24. The highest BCUT2D eigenvalue weighted by Crippen LogP contribution is 2.40. The van der Waals surface area contributed by atoms with Crippen LogP contribution in [-0.2, 0) is 10.0 Å². The van der Waals surface area contributed by atoms with Crippen LogP contribution >= 0.6 is 0 Å². The van der Waals surface area contributed by atoms with Gasteiger partial charge in [-0.15, -0.1) is 0 Å². The lowest BCUT2D eigenvalue weighted by Crippen LogP contribution is -2.18. The van der Waals surface area contributed by atoms with Gasteiger partial charge in [0, 0.05) is 41.2 Å². The number of nitrogens with one attached hydrogen (secondary N) is 2. The first-order valence-electron chi connectivity index (χ1n) is 12.8. The first-order valence-corrected chi connectivity index (χ1v) is 14.4. The minimum absolute atomic E-state index is 0.145. The molecular weight excluding hydrogens is 545 g/mol. The van der Waals surface area contributed by atoms with Gasteiger partial charge < -0.3 is 9.73 Å². The molecule has 0 saturated heterocycles. The highest BCUT2D eigenvalue weighted by atomic mass is 32.2. The molecule has 41 heavy (non-hydrogen) atoms. The Hall–Kier alpha value is -5.03. The van der Waals surface area contributed by atoms with Crippen molar-refractivity contribution in [2.45, 2.75) is 6.92 Å². The third kappa shape index (κ3) is 4.80. The number of amides is 1. The quantitative estimate of drug-likeness (QED) is 0.252. The van der Waals surface area contributed by atoms with Crippen LogP contribution in [0.4, 0.5) is 10.1 Å². The second-order valence-corrected chi connectivity index (χ2v) is 11.3. The number of carbonyl (C=O) groups excluding carboxylic acids is 1. The van der Waals surface area contributed by atoms with E-state index in [4.69, 9.17) is 4.42 Å². The highest BCUT2D eigenvalue weighted by molar-refractivity contribution is 7.92. The van der Waals surface area contributed by atoms with Gasteiger partial charge in [0.05, 0.1) is 28.7 Å². The Morgan fingerprint density at radius 3 is 2.56 bits per heavy atom. The molecule has 3 heterocycles. The molecule has 0 fully saturated rings. The molecule has 0 radical (unpaired) electrons. The molecule has 1 amide bonds. The molecule has 9 nitrogen and oxygen atoms in total. The van der Waals surface area contributed by atoms with Gasteiger partial charge >= 0.3 is 0 Å². The largest absolute Gasteiger partial charge is 0.455 e. The van der Waals surface area contributed by atoms with Crippen molar-refractivity contribution in [3.05, 3.63) is 96.6 Å². The van der Waals surface area contributed by atoms with Gasteiger partial charge in [0.15, 0.2) is 5.82 Å². The van der Waals surface area contributed by atoms with Crippen LogP contribution in [0.15, 0.2) is 89.6 Å². The van der Waals surface area contributed by atoms with Gasteiger partial charge in [0.1, 0.15) is 17.2 Å². The number of halogens is 1. The molecule has 0 unspecified atom stereocenters. The van der Waals surface area contributed by atoms with Gasteiger partial charge in [-0.1, -0.05) is 18.2 Å². The van der Waals surface area contributed by atoms with Crippen LogP contribution in [0.25, 0.3) is 50.1 Å². The van der Waals surface area contributed by atoms with E-state index in [1.165, 1.54) is 38.2 Å². The first-order chi connectivity index (χ1) is 19.8. The van der Waals surface area contributed by atoms with Crippen molar-refractivity contribution in [1.29, 1.82) is 0 Å². The zero-order valence-corrected chi connectivity index (χ0v) is 22.9. The summed E-state index contributed by atoms with van der Waals surface area (Å²) in [6.45, 7) is 1.54. The van der Waals surface area contributed by atoms with Crippen molar-refractivity contribution < 1.29 is 22.0 Å². The zero-order chi connectivity index (χ0) is 28.7. The van der Waals surface area contributed by atoms with E-state index in [2.05, 4.69) is 20.1 Å². The number of aromatic nitrogens is 3. The first kappa shape index (κ1) is 26.2. The zero-order valence-electron chi connectivity index (χ0n) is 22.1. The molecule has 0 aliphatic carbocycles. The fourth-order valence-corrected chi connectivity index (χ4v) is 5.37. The van der Waals surface area contributed by atoms with Crippen molar-refractivity contribution in [1.82, 2.24) is 20.1 Å². The van der Waals surface area contributed by atoms with Gasteiger partial charge in [-0.3, -0.25) is 9.52 Å². The summed E-state index contributed by atoms with van der Waals surface area (Å²) in [5.74, 6) is -0.218. The van der Waals surface area contributed by atoms with Gasteiger partial charge in [-0.25, -0.2) is 22.5 Å². The lowest BCUT2D eigenvalue weighted by Gasteiger charge is -2.13. The maximum Gasteiger partial charge on any atom is 0.255 e. The lowest BCUT2D eigenvalue weighted by atomic mass is 9.99. The van der Waals surface area contributed by atoms with E-state index in [0.29, 0.717) is 27.9 Å². The summed E-state index contributed by atoms with van der Waals surface area (Å²) in [6.07, 6.45) is 3.36. The van der Waals surface area contributed by atoms with Crippen molar-refractivity contribution in [3.8, 4) is 28.3 Å². The summed E-state index contributed by atoms with van der Waals surface area (Å²) in [5, 5.41) is 8.53. The number of hydrogen-bond donors (Lipinski definition) is 2. The van der Waals surface area contributed by atoms with E-state index in [-0.39, 0.29) is 28.3 Å². The molecule has 0 aliphatic heterocycles. The predicted octanol–water partition coefficient (Wildman–Crippen LogP) is 5.76. The maximum atomic E-state index is 13.7. The van der Waals surface area contributed by atoms with E-state index >= 15 is 0 Å². The number of benzene rings is 3. The van der Waals surface area contributed by atoms with Gasteiger partial charge in [0.25, 0.3) is 5.91 Å². The van der Waals surface area contributed by atoms with Crippen molar-refractivity contribution >= 4 is 43.5 Å². The number of anilines is 1. The standard InChI is InChI=1S/C30H24FN5O4S/c1-3-41(38,39)35-24-16-26-23(28(30(37)32-2)29(40-26)18-8-10-21(31)11-9-18)15-22(24)19-12-13-33-27(14-19)36-25-7-5-4-6-20(25)17-34-36/h4-17,35H,3H2,1-2H3,(H,32,37). The molecule has 2 N–H and O–H groups in total. The fraction of sp³-hybridized carbons (Fsp3) is 0.100. The number of para-hydroxylation sites is 1. The third-order valence-corrected chi connectivity index (χ3v) is 8.08. The van der Waals surface area contributed by atoms with Crippen molar-refractivity contribution in [2.24, 2.45) is 0 Å². The molecule has 206 valence electrons. The Morgan fingerprint density at radius 2 is 1.80 bits per heavy atom. The van der Waals surface area contributed by atoms with Crippen LogP contribution in [0, 0.1) is 5.82 Å². The Balaban J connectivity index is 1.60. The SMILES string of the molecule is CCS(=O)(=O)Nc1cc2oc(-c3ccc(F)cc3)c(C(=O)NC)c2cc1-c1ccnc(-n2ncc3ccccc32)c1. The lowest BCUT2D eigenvalue weighted by molar-refractivity contribution is 0.0964. The minimum Gasteiger partial charge on any atom is -0.455 e. The van der Waals surface area contributed by atoms with Crippen molar-refractivity contribution in [3.63, 3.8) is 0 Å². The average Bonchev–Trinajstić information content (AvgIpc) is 3.58. The van der Waals surface area contributed by atoms with Crippen LogP contribution in [0.1, 0.15) is 17.3 Å². The summed E-state index contributed by atoms with van der Waals surface area (Å²) in [5.41, 5.74) is 3.30. The van der Waals surface area contributed by atoms with Crippen LogP contribution in [0.3, 0.4) is 0 Å². The molecule has 6 rings (SSSR count). The number of furan rings is 1. The number of pyridine rings is 1. The number of fused-ring (bicyclic) bond motifs is 2. The summed E-state index contributed by atoms with van der Waals surface area (Å²) in [4.78, 5) is 17.6. The Morgan fingerprint density at radius 1 is 1.02 bits per heavy atom. The normalized spacial score (nSPS) is 11.7. The summed E-state index contributed by atoms with van der Waals surface area (Å²) >= 11 is 0. The second-order valence-electron chi connectivity index (χ2n) is 9.31. The van der Waals surface area contributed by atoms with Crippen LogP contribution in [0.5, 0.6) is 0 Å². The molecule has 0 aliphatic rings. The molecule has 0 bridgehead atoms. The number of hydrogen-bond acceptors (Lipinski definition) is 6. The average molecular weight is 570 g/mol. The number of sulfonamides is 1. The molecule has 11 heteroatoms. The van der Waals surface area contributed by atoms with Gasteiger partial charge in [-0.2, -0.15) is 5.10 Å². The molecule has 3 aromatic heterocycles. The predicted molar refractivity (Wildman–Crippen MR) is 156 cm³/mol. The third-order valence-electron chi connectivity index (χ3n) is 6.78. The summed E-state index contributed by atoms with van der Waals surface area (Å²) in [6, 6.07) is 20.1. The smallest absolute Gasteiger partial charge is 0.255 e. The van der Waals surface area contributed by atoms with Crippen LogP contribution in [0.2, 0.25) is 0 Å². The van der Waals surface area contributed by atoms with Gasteiger partial charge in [0.2, 0.25) is 10.0 Å².